The van der Waals surface area contributed by atoms with E-state index in [1.165, 1.54) is 19.2 Å². The van der Waals surface area contributed by atoms with E-state index in [2.05, 4.69) is 4.98 Å². The minimum Gasteiger partial charge on any atom is -0.258 e. The van der Waals surface area contributed by atoms with E-state index < -0.39 is 15.8 Å². The first-order valence-corrected chi connectivity index (χ1v) is 7.08. The molecular weight excluding hydrogens is 290 g/mol. The molecule has 2 rings (SSSR count). The fourth-order valence-electron chi connectivity index (χ4n) is 1.39. The second-order valence-electron chi connectivity index (χ2n) is 3.58. The van der Waals surface area contributed by atoms with Gasteiger partial charge in [0, 0.05) is 30.1 Å². The number of benzene rings is 1. The number of anilines is 1. The number of aromatic nitrogens is 1. The lowest BCUT2D eigenvalue weighted by Gasteiger charge is -2.04. The minimum absolute atomic E-state index is 0.0321. The van der Waals surface area contributed by atoms with E-state index in [1.54, 1.807) is 17.5 Å². The van der Waals surface area contributed by atoms with Gasteiger partial charge < -0.3 is 0 Å². The van der Waals surface area contributed by atoms with Crippen molar-refractivity contribution in [3.8, 4) is 11.3 Å². The first-order valence-electron chi connectivity index (χ1n) is 5.07. The van der Waals surface area contributed by atoms with Crippen molar-refractivity contribution >= 4 is 33.0 Å². The van der Waals surface area contributed by atoms with E-state index in [-0.39, 0.29) is 5.69 Å². The summed E-state index contributed by atoms with van der Waals surface area (Å²) in [4.78, 5) is 14.3. The normalized spacial score (nSPS) is 10.6. The molecule has 0 unspecified atom stereocenters. The molecule has 0 spiro atoms. The molecule has 0 bridgehead atoms. The molecule has 0 saturated carbocycles. The van der Waals surface area contributed by atoms with Crippen LogP contribution in [-0.2, 0) is 10.9 Å². The van der Waals surface area contributed by atoms with Crippen LogP contribution in [0.3, 0.4) is 0 Å². The smallest absolute Gasteiger partial charge is 0.258 e. The van der Waals surface area contributed by atoms with Crippen molar-refractivity contribution in [3.05, 3.63) is 39.8 Å². The summed E-state index contributed by atoms with van der Waals surface area (Å²) in [6, 6.07) is 6.03. The zero-order chi connectivity index (χ0) is 14.0. The number of rotatable bonds is 4. The number of hydrogen-bond donors (Lipinski definition) is 1. The van der Waals surface area contributed by atoms with Crippen LogP contribution in [0.5, 0.6) is 0 Å². The third-order valence-electron chi connectivity index (χ3n) is 2.37. The van der Waals surface area contributed by atoms with Gasteiger partial charge in [0.1, 0.15) is 0 Å². The van der Waals surface area contributed by atoms with Gasteiger partial charge in [-0.2, -0.15) is 0 Å². The van der Waals surface area contributed by atoms with E-state index in [9.17, 15) is 18.5 Å². The Labute approximate surface area is 114 Å². The van der Waals surface area contributed by atoms with Gasteiger partial charge in [-0.3, -0.25) is 14.4 Å². The molecule has 0 N–H and O–H groups in total. The number of thiol groups is 1. The molecule has 1 aromatic heterocycles. The van der Waals surface area contributed by atoms with Gasteiger partial charge in [-0.1, -0.05) is 12.1 Å². The molecule has 0 atom stereocenters. The lowest BCUT2D eigenvalue weighted by molar-refractivity contribution is -0.384. The van der Waals surface area contributed by atoms with E-state index in [0.717, 1.165) is 15.6 Å². The molecule has 19 heavy (non-hydrogen) atoms. The Kier molecular flexibility index (Phi) is 3.76. The number of nitro groups is 1. The average Bonchev–Trinajstić information content (AvgIpc) is 2.87. The van der Waals surface area contributed by atoms with Crippen molar-refractivity contribution in [2.24, 2.45) is 0 Å². The monoisotopic (exact) mass is 299 g/mol. The largest absolute Gasteiger partial charge is 0.270 e. The van der Waals surface area contributed by atoms with Gasteiger partial charge in [0.2, 0.25) is 10.9 Å². The van der Waals surface area contributed by atoms with Crippen LogP contribution in [-0.4, -0.2) is 25.4 Å². The maximum absolute atomic E-state index is 10.8. The van der Waals surface area contributed by atoms with Gasteiger partial charge in [-0.25, -0.2) is 13.4 Å². The molecule has 2 aromatic rings. The Morgan fingerprint density at radius 2 is 2.16 bits per heavy atom. The summed E-state index contributed by atoms with van der Waals surface area (Å²) in [5, 5.41) is 12.7. The average molecular weight is 299 g/mol. The second-order valence-corrected chi connectivity index (χ2v) is 5.50. The minimum atomic E-state index is -2.74. The summed E-state index contributed by atoms with van der Waals surface area (Å²) in [5.41, 5.74) is 1.05. The summed E-state index contributed by atoms with van der Waals surface area (Å²) in [7, 11) is -1.35. The molecule has 0 aliphatic rings. The van der Waals surface area contributed by atoms with Crippen molar-refractivity contribution < 1.29 is 13.3 Å². The molecule has 1 aromatic carbocycles. The topological polar surface area (TPSA) is 93.4 Å². The number of thiazole rings is 1. The van der Waals surface area contributed by atoms with Crippen LogP contribution in [0, 0.1) is 10.1 Å². The summed E-state index contributed by atoms with van der Waals surface area (Å²) in [5.74, 6) is 0. The predicted octanol–water partition coefficient (Wildman–Crippen LogP) is 1.68. The van der Waals surface area contributed by atoms with Gasteiger partial charge in [0.05, 0.1) is 10.6 Å². The highest BCUT2D eigenvalue weighted by molar-refractivity contribution is 7.74. The highest BCUT2D eigenvalue weighted by Crippen LogP contribution is 2.28. The van der Waals surface area contributed by atoms with Crippen LogP contribution in [0.2, 0.25) is 0 Å². The Bertz CT molecular complexity index is 688. The molecule has 0 saturated heterocycles. The molecule has 0 aliphatic heterocycles. The summed E-state index contributed by atoms with van der Waals surface area (Å²) >= 11 is 1.16. The van der Waals surface area contributed by atoms with Crippen LogP contribution < -0.4 is 4.31 Å². The zero-order valence-electron chi connectivity index (χ0n) is 9.72. The van der Waals surface area contributed by atoms with Crippen LogP contribution in [0.1, 0.15) is 0 Å². The first-order chi connectivity index (χ1) is 8.99. The van der Waals surface area contributed by atoms with Crippen LogP contribution in [0.15, 0.2) is 29.6 Å². The van der Waals surface area contributed by atoms with Crippen molar-refractivity contribution in [2.75, 3.05) is 11.4 Å². The lowest BCUT2D eigenvalue weighted by Crippen LogP contribution is -2.13. The number of hydrogen-bond acceptors (Lipinski definition) is 6. The molecular formula is C10H9N3O4S2. The second kappa shape index (κ2) is 5.33. The fourth-order valence-corrected chi connectivity index (χ4v) is 2.63. The molecule has 7 nitrogen and oxygen atoms in total. The molecule has 0 amide bonds. The molecule has 100 valence electrons. The first kappa shape index (κ1) is 13.4. The summed E-state index contributed by atoms with van der Waals surface area (Å²) in [6.07, 6.45) is 0. The standard InChI is InChI=1S/C10H9N3O4S2/c1-12(19(16)17)10-11-9(6-18-10)7-3-2-4-8(5-7)13(14)15/h2-6,19H,1H3. The molecule has 9 heteroatoms. The third-order valence-corrected chi connectivity index (χ3v) is 4.10. The van der Waals surface area contributed by atoms with Crippen LogP contribution in [0.25, 0.3) is 11.3 Å². The van der Waals surface area contributed by atoms with Gasteiger partial charge in [-0.15, -0.1) is 11.3 Å². The van der Waals surface area contributed by atoms with Crippen molar-refractivity contribution in [2.45, 2.75) is 0 Å². The van der Waals surface area contributed by atoms with Crippen LogP contribution in [0.4, 0.5) is 10.8 Å². The van der Waals surface area contributed by atoms with E-state index in [1.807, 2.05) is 0 Å². The summed E-state index contributed by atoms with van der Waals surface area (Å²) in [6.45, 7) is 0. The Morgan fingerprint density at radius 3 is 2.79 bits per heavy atom. The zero-order valence-corrected chi connectivity index (χ0v) is 11.4. The SMILES string of the molecule is CN(c1nc(-c2cccc([N+](=O)[O-])c2)cs1)[SH](=O)=O. The predicted molar refractivity (Wildman–Crippen MR) is 72.9 cm³/mol. The van der Waals surface area contributed by atoms with Crippen LogP contribution >= 0.6 is 11.3 Å². The maximum Gasteiger partial charge on any atom is 0.270 e. The van der Waals surface area contributed by atoms with Gasteiger partial charge in [0.25, 0.3) is 5.69 Å². The van der Waals surface area contributed by atoms with E-state index in [4.69, 9.17) is 0 Å². The Balaban J connectivity index is 2.38. The molecule has 0 aliphatic carbocycles. The molecule has 0 fully saturated rings. The highest BCUT2D eigenvalue weighted by atomic mass is 32.2. The molecule has 0 radical (unpaired) electrons. The lowest BCUT2D eigenvalue weighted by atomic mass is 10.1. The number of nitrogens with zero attached hydrogens (tertiary/aromatic N) is 3. The van der Waals surface area contributed by atoms with Gasteiger partial charge >= 0.3 is 0 Å². The van der Waals surface area contributed by atoms with Crippen molar-refractivity contribution in [1.82, 2.24) is 4.98 Å². The molecule has 1 heterocycles. The number of non-ortho nitro benzene ring substituents is 1. The van der Waals surface area contributed by atoms with E-state index >= 15 is 0 Å². The number of nitro benzene ring substituents is 1. The quantitative estimate of drug-likeness (QED) is 0.526. The fraction of sp³-hybridized carbons (Fsp3) is 0.100. The summed E-state index contributed by atoms with van der Waals surface area (Å²) < 4.78 is 22.7. The van der Waals surface area contributed by atoms with E-state index in [0.29, 0.717) is 16.4 Å². The van der Waals surface area contributed by atoms with Crippen molar-refractivity contribution in [3.63, 3.8) is 0 Å². The van der Waals surface area contributed by atoms with Gasteiger partial charge in [-0.05, 0) is 0 Å². The van der Waals surface area contributed by atoms with Crippen molar-refractivity contribution in [1.29, 1.82) is 0 Å². The third kappa shape index (κ3) is 2.88. The Morgan fingerprint density at radius 1 is 1.42 bits per heavy atom. The van der Waals surface area contributed by atoms with Gasteiger partial charge in [0.15, 0.2) is 5.13 Å². The maximum atomic E-state index is 10.8. The Hall–Kier alpha value is -2.00. The highest BCUT2D eigenvalue weighted by Gasteiger charge is 2.12.